The van der Waals surface area contributed by atoms with E-state index in [0.29, 0.717) is 39.1 Å². The molecule has 136 valence electrons. The first kappa shape index (κ1) is 18.7. The van der Waals surface area contributed by atoms with Crippen molar-refractivity contribution < 1.29 is 14.4 Å². The van der Waals surface area contributed by atoms with Gasteiger partial charge in [-0.15, -0.1) is 0 Å². The van der Waals surface area contributed by atoms with E-state index < -0.39 is 6.03 Å². The smallest absolute Gasteiger partial charge is 0.321 e. The molecule has 0 atom stereocenters. The minimum Gasteiger partial charge on any atom is -0.340 e. The van der Waals surface area contributed by atoms with E-state index >= 15 is 0 Å². The molecule has 0 aromatic rings. The molecule has 0 aromatic heterocycles. The molecule has 0 radical (unpaired) electrons. The van der Waals surface area contributed by atoms with Gasteiger partial charge in [-0.1, -0.05) is 25.7 Å². The van der Waals surface area contributed by atoms with Crippen LogP contribution in [0, 0.1) is 5.92 Å². The van der Waals surface area contributed by atoms with Gasteiger partial charge in [-0.05, 0) is 19.3 Å². The van der Waals surface area contributed by atoms with Crippen molar-refractivity contribution in [1.82, 2.24) is 20.4 Å². The first-order valence-electron chi connectivity index (χ1n) is 9.16. The summed E-state index contributed by atoms with van der Waals surface area (Å²) >= 11 is 0. The highest BCUT2D eigenvalue weighted by Gasteiger charge is 2.24. The van der Waals surface area contributed by atoms with Crippen LogP contribution in [0.15, 0.2) is 0 Å². The molecule has 1 heterocycles. The van der Waals surface area contributed by atoms with Crippen molar-refractivity contribution in [1.29, 1.82) is 0 Å². The van der Waals surface area contributed by atoms with Crippen LogP contribution in [0.4, 0.5) is 4.79 Å². The highest BCUT2D eigenvalue weighted by Crippen LogP contribution is 2.28. The van der Waals surface area contributed by atoms with E-state index in [1.807, 2.05) is 9.80 Å². The Morgan fingerprint density at radius 3 is 2.33 bits per heavy atom. The minimum absolute atomic E-state index is 0.196. The summed E-state index contributed by atoms with van der Waals surface area (Å²) in [6.45, 7) is 5.17. The number of urea groups is 1. The van der Waals surface area contributed by atoms with Gasteiger partial charge in [0.1, 0.15) is 0 Å². The molecule has 1 saturated heterocycles. The lowest BCUT2D eigenvalue weighted by molar-refractivity contribution is -0.133. The summed E-state index contributed by atoms with van der Waals surface area (Å²) in [5, 5.41) is 4.83. The van der Waals surface area contributed by atoms with Gasteiger partial charge in [0, 0.05) is 39.1 Å². The average molecular weight is 338 g/mol. The second kappa shape index (κ2) is 9.61. The van der Waals surface area contributed by atoms with Crippen molar-refractivity contribution >= 4 is 17.8 Å². The van der Waals surface area contributed by atoms with Crippen molar-refractivity contribution in [2.24, 2.45) is 5.92 Å². The number of nitrogens with one attached hydrogen (secondary N) is 2. The van der Waals surface area contributed by atoms with Gasteiger partial charge in [0.2, 0.25) is 11.8 Å². The molecular weight excluding hydrogens is 308 g/mol. The van der Waals surface area contributed by atoms with Crippen molar-refractivity contribution in [2.75, 3.05) is 39.3 Å². The Hall–Kier alpha value is -1.63. The van der Waals surface area contributed by atoms with Crippen LogP contribution in [0.1, 0.15) is 45.4 Å². The number of rotatable bonds is 6. The Kier molecular flexibility index (Phi) is 7.49. The normalized spacial score (nSPS) is 19.3. The largest absolute Gasteiger partial charge is 0.340 e. The maximum Gasteiger partial charge on any atom is 0.321 e. The molecule has 1 aliphatic carbocycles. The molecule has 7 heteroatoms. The summed E-state index contributed by atoms with van der Waals surface area (Å²) in [7, 11) is 0. The molecule has 1 saturated carbocycles. The molecule has 2 N–H and O–H groups in total. The van der Waals surface area contributed by atoms with Crippen LogP contribution in [0.3, 0.4) is 0 Å². The zero-order chi connectivity index (χ0) is 17.4. The molecule has 1 aliphatic heterocycles. The quantitative estimate of drug-likeness (QED) is 0.755. The van der Waals surface area contributed by atoms with E-state index in [2.05, 4.69) is 10.6 Å². The molecule has 24 heavy (non-hydrogen) atoms. The summed E-state index contributed by atoms with van der Waals surface area (Å²) in [4.78, 5) is 39.2. The number of amides is 4. The van der Waals surface area contributed by atoms with Crippen LogP contribution >= 0.6 is 0 Å². The lowest BCUT2D eigenvalue weighted by Crippen LogP contribution is -2.52. The Morgan fingerprint density at radius 2 is 1.71 bits per heavy atom. The van der Waals surface area contributed by atoms with Gasteiger partial charge in [-0.3, -0.25) is 19.8 Å². The standard InChI is InChI=1S/C17H30N4O3/c1-2-18-17(24)19-15(22)13-20-9-11-21(12-10-20)16(23)8-7-14-5-3-4-6-14/h14H,2-13H2,1H3,(H2,18,19,22,24). The summed E-state index contributed by atoms with van der Waals surface area (Å²) in [5.41, 5.74) is 0. The van der Waals surface area contributed by atoms with E-state index in [1.54, 1.807) is 6.92 Å². The maximum absolute atomic E-state index is 12.3. The fourth-order valence-corrected chi connectivity index (χ4v) is 3.51. The Labute approximate surface area is 144 Å². The van der Waals surface area contributed by atoms with E-state index in [9.17, 15) is 14.4 Å². The maximum atomic E-state index is 12.3. The average Bonchev–Trinajstić information content (AvgIpc) is 3.06. The van der Waals surface area contributed by atoms with Gasteiger partial charge < -0.3 is 10.2 Å². The second-order valence-electron chi connectivity index (χ2n) is 6.75. The molecule has 2 rings (SSSR count). The van der Waals surface area contributed by atoms with Crippen molar-refractivity contribution in [3.05, 3.63) is 0 Å². The molecule has 2 fully saturated rings. The monoisotopic (exact) mass is 338 g/mol. The van der Waals surface area contributed by atoms with Crippen LogP contribution in [0.5, 0.6) is 0 Å². The van der Waals surface area contributed by atoms with Crippen LogP contribution in [0.25, 0.3) is 0 Å². The number of imide groups is 1. The predicted molar refractivity (Wildman–Crippen MR) is 91.4 cm³/mol. The van der Waals surface area contributed by atoms with Gasteiger partial charge >= 0.3 is 6.03 Å². The third-order valence-electron chi connectivity index (χ3n) is 4.92. The van der Waals surface area contributed by atoms with E-state index in [1.165, 1.54) is 25.7 Å². The number of piperazine rings is 1. The highest BCUT2D eigenvalue weighted by molar-refractivity contribution is 5.95. The van der Waals surface area contributed by atoms with Gasteiger partial charge in [0.05, 0.1) is 6.54 Å². The van der Waals surface area contributed by atoms with Gasteiger partial charge in [-0.2, -0.15) is 0 Å². The van der Waals surface area contributed by atoms with E-state index in [-0.39, 0.29) is 18.4 Å². The number of hydrogen-bond acceptors (Lipinski definition) is 4. The number of hydrogen-bond donors (Lipinski definition) is 2. The molecule has 7 nitrogen and oxygen atoms in total. The summed E-state index contributed by atoms with van der Waals surface area (Å²) in [5.74, 6) is 0.684. The fraction of sp³-hybridized carbons (Fsp3) is 0.824. The summed E-state index contributed by atoms with van der Waals surface area (Å²) in [6, 6.07) is -0.455. The van der Waals surface area contributed by atoms with Crippen molar-refractivity contribution in [2.45, 2.75) is 45.4 Å². The van der Waals surface area contributed by atoms with Crippen LogP contribution < -0.4 is 10.6 Å². The van der Waals surface area contributed by atoms with Crippen LogP contribution in [0.2, 0.25) is 0 Å². The van der Waals surface area contributed by atoms with Crippen molar-refractivity contribution in [3.8, 4) is 0 Å². The zero-order valence-corrected chi connectivity index (χ0v) is 14.7. The lowest BCUT2D eigenvalue weighted by Gasteiger charge is -2.34. The van der Waals surface area contributed by atoms with E-state index in [0.717, 1.165) is 12.3 Å². The minimum atomic E-state index is -0.455. The van der Waals surface area contributed by atoms with Crippen LogP contribution in [-0.4, -0.2) is 66.9 Å². The van der Waals surface area contributed by atoms with E-state index in [4.69, 9.17) is 0 Å². The molecule has 0 aromatic carbocycles. The Balaban J connectivity index is 1.62. The van der Waals surface area contributed by atoms with Gasteiger partial charge in [0.25, 0.3) is 0 Å². The lowest BCUT2D eigenvalue weighted by atomic mass is 10.0. The fourth-order valence-electron chi connectivity index (χ4n) is 3.51. The SMILES string of the molecule is CCNC(=O)NC(=O)CN1CCN(C(=O)CCC2CCCC2)CC1. The number of carbonyl (C=O) groups excluding carboxylic acids is 3. The number of carbonyl (C=O) groups is 3. The highest BCUT2D eigenvalue weighted by atomic mass is 16.2. The zero-order valence-electron chi connectivity index (χ0n) is 14.7. The third kappa shape index (κ3) is 6.11. The molecule has 2 aliphatic rings. The number of nitrogens with zero attached hydrogens (tertiary/aromatic N) is 2. The molecule has 4 amide bonds. The summed E-state index contributed by atoms with van der Waals surface area (Å²) in [6.07, 6.45) is 6.87. The first-order chi connectivity index (χ1) is 11.6. The third-order valence-corrected chi connectivity index (χ3v) is 4.92. The molecular formula is C17H30N4O3. The Morgan fingerprint density at radius 1 is 1.04 bits per heavy atom. The van der Waals surface area contributed by atoms with Gasteiger partial charge in [0.15, 0.2) is 0 Å². The van der Waals surface area contributed by atoms with Crippen LogP contribution in [-0.2, 0) is 9.59 Å². The molecule has 0 unspecified atom stereocenters. The van der Waals surface area contributed by atoms with Crippen molar-refractivity contribution in [3.63, 3.8) is 0 Å². The Bertz CT molecular complexity index is 441. The molecule has 0 bridgehead atoms. The topological polar surface area (TPSA) is 81.8 Å². The second-order valence-corrected chi connectivity index (χ2v) is 6.75. The molecule has 0 spiro atoms. The first-order valence-corrected chi connectivity index (χ1v) is 9.16. The predicted octanol–water partition coefficient (Wildman–Crippen LogP) is 0.947. The van der Waals surface area contributed by atoms with Gasteiger partial charge in [-0.25, -0.2) is 4.79 Å². The summed E-state index contributed by atoms with van der Waals surface area (Å²) < 4.78 is 0.